The fourth-order valence-electron chi connectivity index (χ4n) is 1.95. The molecular formula is C17H27N3O2. The molecule has 0 aromatic heterocycles. The first-order valence-corrected chi connectivity index (χ1v) is 7.94. The summed E-state index contributed by atoms with van der Waals surface area (Å²) in [6, 6.07) is 7.21. The van der Waals surface area contributed by atoms with Gasteiger partial charge in [0, 0.05) is 24.7 Å². The molecule has 0 unspecified atom stereocenters. The summed E-state index contributed by atoms with van der Waals surface area (Å²) in [6.45, 7) is 7.11. The molecule has 0 radical (unpaired) electrons. The molecule has 0 aliphatic carbocycles. The fourth-order valence-corrected chi connectivity index (χ4v) is 1.95. The van der Waals surface area contributed by atoms with Gasteiger partial charge in [-0.3, -0.25) is 4.79 Å². The topological polar surface area (TPSA) is 70.2 Å². The van der Waals surface area contributed by atoms with Crippen molar-refractivity contribution < 1.29 is 9.59 Å². The summed E-state index contributed by atoms with van der Waals surface area (Å²) in [4.78, 5) is 23.4. The smallest absolute Gasteiger partial charge is 0.315 e. The van der Waals surface area contributed by atoms with Crippen molar-refractivity contribution in [2.75, 3.05) is 6.54 Å². The van der Waals surface area contributed by atoms with Gasteiger partial charge in [-0.25, -0.2) is 4.79 Å². The lowest BCUT2D eigenvalue weighted by molar-refractivity contribution is 0.0953. The summed E-state index contributed by atoms with van der Waals surface area (Å²) >= 11 is 0. The van der Waals surface area contributed by atoms with Crippen LogP contribution in [0.15, 0.2) is 24.3 Å². The van der Waals surface area contributed by atoms with E-state index in [1.165, 1.54) is 0 Å². The number of benzene rings is 1. The minimum atomic E-state index is -0.187. The van der Waals surface area contributed by atoms with Gasteiger partial charge in [0.15, 0.2) is 0 Å². The molecule has 3 N–H and O–H groups in total. The molecule has 0 atom stereocenters. The summed E-state index contributed by atoms with van der Waals surface area (Å²) in [5.41, 5.74) is 1.60. The molecule has 0 aliphatic heterocycles. The summed E-state index contributed by atoms with van der Waals surface area (Å²) in [5, 5.41) is 8.44. The van der Waals surface area contributed by atoms with Crippen molar-refractivity contribution in [3.63, 3.8) is 0 Å². The van der Waals surface area contributed by atoms with Crippen molar-refractivity contribution in [1.82, 2.24) is 16.0 Å². The maximum atomic E-state index is 11.9. The van der Waals surface area contributed by atoms with E-state index >= 15 is 0 Å². The Kier molecular flexibility index (Phi) is 8.04. The Morgan fingerprint density at radius 1 is 1.05 bits per heavy atom. The molecule has 0 saturated carbocycles. The Bertz CT molecular complexity index is 469. The van der Waals surface area contributed by atoms with Gasteiger partial charge >= 0.3 is 6.03 Å². The molecule has 5 nitrogen and oxygen atoms in total. The van der Waals surface area contributed by atoms with Gasteiger partial charge in [0.2, 0.25) is 0 Å². The zero-order valence-corrected chi connectivity index (χ0v) is 13.7. The van der Waals surface area contributed by atoms with Crippen LogP contribution in [0.2, 0.25) is 0 Å². The molecule has 0 saturated heterocycles. The molecule has 0 aliphatic rings. The minimum Gasteiger partial charge on any atom is -0.352 e. The molecule has 1 rings (SSSR count). The average molecular weight is 305 g/mol. The SMILES string of the molecule is CCCCCNC(=O)c1ccc(CNC(=O)NC(C)C)cc1. The summed E-state index contributed by atoms with van der Waals surface area (Å²) in [6.07, 6.45) is 3.28. The predicted molar refractivity (Wildman–Crippen MR) is 88.8 cm³/mol. The van der Waals surface area contributed by atoms with Crippen LogP contribution in [0.3, 0.4) is 0 Å². The molecular weight excluding hydrogens is 278 g/mol. The molecule has 0 bridgehead atoms. The summed E-state index contributed by atoms with van der Waals surface area (Å²) in [7, 11) is 0. The zero-order chi connectivity index (χ0) is 16.4. The molecule has 5 heteroatoms. The van der Waals surface area contributed by atoms with E-state index in [0.29, 0.717) is 18.7 Å². The second-order valence-electron chi connectivity index (χ2n) is 5.64. The van der Waals surface area contributed by atoms with Gasteiger partial charge in [-0.05, 0) is 38.0 Å². The number of amides is 3. The highest BCUT2D eigenvalue weighted by atomic mass is 16.2. The van der Waals surface area contributed by atoms with E-state index in [1.54, 1.807) is 12.1 Å². The van der Waals surface area contributed by atoms with Crippen LogP contribution in [0.1, 0.15) is 56.0 Å². The highest BCUT2D eigenvalue weighted by Gasteiger charge is 2.05. The van der Waals surface area contributed by atoms with E-state index in [1.807, 2.05) is 26.0 Å². The van der Waals surface area contributed by atoms with E-state index in [9.17, 15) is 9.59 Å². The molecule has 0 heterocycles. The number of unbranched alkanes of at least 4 members (excludes halogenated alkanes) is 2. The van der Waals surface area contributed by atoms with Gasteiger partial charge in [0.1, 0.15) is 0 Å². The van der Waals surface area contributed by atoms with Crippen molar-refractivity contribution in [2.45, 2.75) is 52.6 Å². The van der Waals surface area contributed by atoms with Crippen LogP contribution in [0.5, 0.6) is 0 Å². The maximum Gasteiger partial charge on any atom is 0.315 e. The van der Waals surface area contributed by atoms with Crippen molar-refractivity contribution in [1.29, 1.82) is 0 Å². The highest BCUT2D eigenvalue weighted by molar-refractivity contribution is 5.94. The second kappa shape index (κ2) is 9.82. The number of hydrogen-bond acceptors (Lipinski definition) is 2. The van der Waals surface area contributed by atoms with Crippen LogP contribution in [0.25, 0.3) is 0 Å². The highest BCUT2D eigenvalue weighted by Crippen LogP contribution is 2.04. The number of carbonyl (C=O) groups is 2. The molecule has 122 valence electrons. The van der Waals surface area contributed by atoms with Crippen LogP contribution in [0, 0.1) is 0 Å². The van der Waals surface area contributed by atoms with Crippen molar-refractivity contribution in [3.8, 4) is 0 Å². The Hall–Kier alpha value is -2.04. The second-order valence-corrected chi connectivity index (χ2v) is 5.64. The van der Waals surface area contributed by atoms with Gasteiger partial charge in [-0.2, -0.15) is 0 Å². The molecule has 0 fully saturated rings. The van der Waals surface area contributed by atoms with Gasteiger partial charge < -0.3 is 16.0 Å². The van der Waals surface area contributed by atoms with Gasteiger partial charge in [-0.15, -0.1) is 0 Å². The van der Waals surface area contributed by atoms with Crippen molar-refractivity contribution in [2.24, 2.45) is 0 Å². The average Bonchev–Trinajstić information content (AvgIpc) is 2.49. The lowest BCUT2D eigenvalue weighted by Crippen LogP contribution is -2.39. The minimum absolute atomic E-state index is 0.0480. The van der Waals surface area contributed by atoms with E-state index in [0.717, 1.165) is 24.8 Å². The molecule has 3 amide bonds. The van der Waals surface area contributed by atoms with Crippen LogP contribution >= 0.6 is 0 Å². The maximum absolute atomic E-state index is 11.9. The Morgan fingerprint density at radius 2 is 1.73 bits per heavy atom. The predicted octanol–water partition coefficient (Wildman–Crippen LogP) is 2.81. The fraction of sp³-hybridized carbons (Fsp3) is 0.529. The lowest BCUT2D eigenvalue weighted by Gasteiger charge is -2.10. The molecule has 22 heavy (non-hydrogen) atoms. The van der Waals surface area contributed by atoms with E-state index < -0.39 is 0 Å². The van der Waals surface area contributed by atoms with Crippen LogP contribution in [-0.2, 0) is 6.54 Å². The van der Waals surface area contributed by atoms with Gasteiger partial charge in [0.05, 0.1) is 0 Å². The Balaban J connectivity index is 2.39. The molecule has 0 spiro atoms. The summed E-state index contributed by atoms with van der Waals surface area (Å²) in [5.74, 6) is -0.0480. The Labute approximate surface area is 132 Å². The van der Waals surface area contributed by atoms with Crippen LogP contribution < -0.4 is 16.0 Å². The lowest BCUT2D eigenvalue weighted by atomic mass is 10.1. The van der Waals surface area contributed by atoms with Gasteiger partial charge in [-0.1, -0.05) is 31.9 Å². The third kappa shape index (κ3) is 7.11. The number of nitrogens with one attached hydrogen (secondary N) is 3. The number of urea groups is 1. The summed E-state index contributed by atoms with van der Waals surface area (Å²) < 4.78 is 0. The van der Waals surface area contributed by atoms with E-state index in [4.69, 9.17) is 0 Å². The first-order valence-electron chi connectivity index (χ1n) is 7.94. The third-order valence-electron chi connectivity index (χ3n) is 3.15. The number of rotatable bonds is 8. The largest absolute Gasteiger partial charge is 0.352 e. The number of carbonyl (C=O) groups excluding carboxylic acids is 2. The van der Waals surface area contributed by atoms with Gasteiger partial charge in [0.25, 0.3) is 5.91 Å². The van der Waals surface area contributed by atoms with Crippen molar-refractivity contribution >= 4 is 11.9 Å². The first-order chi connectivity index (χ1) is 10.5. The monoisotopic (exact) mass is 305 g/mol. The normalized spacial score (nSPS) is 10.4. The number of hydrogen-bond donors (Lipinski definition) is 3. The van der Waals surface area contributed by atoms with Crippen LogP contribution in [0.4, 0.5) is 4.79 Å². The quantitative estimate of drug-likeness (QED) is 0.646. The van der Waals surface area contributed by atoms with Crippen molar-refractivity contribution in [3.05, 3.63) is 35.4 Å². The Morgan fingerprint density at radius 3 is 2.32 bits per heavy atom. The van der Waals surface area contributed by atoms with E-state index in [2.05, 4.69) is 22.9 Å². The van der Waals surface area contributed by atoms with Crippen LogP contribution in [-0.4, -0.2) is 24.5 Å². The van der Waals surface area contributed by atoms with E-state index in [-0.39, 0.29) is 18.0 Å². The standard InChI is InChI=1S/C17H27N3O2/c1-4-5-6-11-18-16(21)15-9-7-14(8-10-15)12-19-17(22)20-13(2)3/h7-10,13H,4-6,11-12H2,1-3H3,(H,18,21)(H2,19,20,22). The molecule has 1 aromatic rings. The molecule has 1 aromatic carbocycles. The first kappa shape index (κ1) is 18.0. The zero-order valence-electron chi connectivity index (χ0n) is 13.7. The third-order valence-corrected chi connectivity index (χ3v) is 3.15.